The molecule has 0 aliphatic carbocycles. The highest BCUT2D eigenvalue weighted by Crippen LogP contribution is 2.31. The average Bonchev–Trinajstić information content (AvgIpc) is 2.94. The van der Waals surface area contributed by atoms with Crippen LogP contribution in [-0.4, -0.2) is 58.7 Å². The summed E-state index contributed by atoms with van der Waals surface area (Å²) in [4.78, 5) is 27.3. The van der Waals surface area contributed by atoms with Crippen molar-refractivity contribution >= 4 is 28.7 Å². The Labute approximate surface area is 140 Å². The molecule has 0 N–H and O–H groups in total. The van der Waals surface area contributed by atoms with Crippen LogP contribution in [0, 0.1) is 0 Å². The van der Waals surface area contributed by atoms with Crippen LogP contribution in [0.1, 0.15) is 27.7 Å². The minimum absolute atomic E-state index is 0.125. The van der Waals surface area contributed by atoms with E-state index in [0.29, 0.717) is 0 Å². The molecule has 8 nitrogen and oxygen atoms in total. The number of likely N-dealkylation sites (N-methyl/N-ethyl adjacent to an activating group) is 1. The van der Waals surface area contributed by atoms with Gasteiger partial charge in [0, 0.05) is 20.0 Å². The van der Waals surface area contributed by atoms with Gasteiger partial charge in [0.1, 0.15) is 5.88 Å². The van der Waals surface area contributed by atoms with Crippen molar-refractivity contribution in [1.29, 1.82) is 0 Å². The maximum absolute atomic E-state index is 12.2. The van der Waals surface area contributed by atoms with E-state index in [1.165, 1.54) is 6.92 Å². The van der Waals surface area contributed by atoms with Gasteiger partial charge in [-0.1, -0.05) is 18.7 Å². The molecule has 1 aromatic rings. The van der Waals surface area contributed by atoms with Gasteiger partial charge >= 0.3 is 0 Å². The molecule has 1 amide bonds. The highest BCUT2D eigenvalue weighted by molar-refractivity contribution is 8.15. The van der Waals surface area contributed by atoms with E-state index in [9.17, 15) is 9.59 Å². The van der Waals surface area contributed by atoms with Crippen molar-refractivity contribution in [3.8, 4) is 0 Å². The molecule has 1 fully saturated rings. The first-order valence-electron chi connectivity index (χ1n) is 7.64. The average molecular weight is 341 g/mol. The van der Waals surface area contributed by atoms with E-state index in [-0.39, 0.29) is 11.0 Å². The second-order valence-corrected chi connectivity index (χ2v) is 7.67. The second-order valence-electron chi connectivity index (χ2n) is 5.87. The van der Waals surface area contributed by atoms with Gasteiger partial charge in [-0.15, -0.1) is 0 Å². The van der Waals surface area contributed by atoms with Crippen molar-refractivity contribution in [2.24, 2.45) is 0 Å². The van der Waals surface area contributed by atoms with Gasteiger partial charge in [0.15, 0.2) is 5.12 Å². The first-order valence-corrected chi connectivity index (χ1v) is 8.45. The van der Waals surface area contributed by atoms with Gasteiger partial charge in [-0.3, -0.25) is 9.69 Å². The van der Waals surface area contributed by atoms with Crippen LogP contribution in [0.5, 0.6) is 0 Å². The molecule has 1 aliphatic heterocycles. The molecule has 2 rings (SSSR count). The fourth-order valence-corrected chi connectivity index (χ4v) is 3.16. The molecule has 0 unspecified atom stereocenters. The summed E-state index contributed by atoms with van der Waals surface area (Å²) in [7, 11) is 0. The van der Waals surface area contributed by atoms with Gasteiger partial charge in [0.2, 0.25) is 5.27 Å². The van der Waals surface area contributed by atoms with Crippen molar-refractivity contribution in [3.63, 3.8) is 0 Å². The fraction of sp³-hybridized carbons (Fsp3) is 0.714. The quantitative estimate of drug-likeness (QED) is 0.733. The van der Waals surface area contributed by atoms with E-state index in [1.54, 1.807) is 24.8 Å². The van der Waals surface area contributed by atoms with Crippen LogP contribution in [0.4, 0.5) is 5.88 Å². The molecule has 23 heavy (non-hydrogen) atoms. The third-order valence-corrected chi connectivity index (χ3v) is 4.63. The molecule has 0 radical (unpaired) electrons. The Hall–Kier alpha value is -1.61. The molecular weight excluding hydrogens is 318 g/mol. The SMILES string of the molecule is CCN1CCN([n+]2cc([N-]C(=O)C(C)(C)SC(C)=O)on2)CC1. The van der Waals surface area contributed by atoms with E-state index in [2.05, 4.69) is 22.4 Å². The van der Waals surface area contributed by atoms with Crippen LogP contribution in [0.2, 0.25) is 0 Å². The van der Waals surface area contributed by atoms with Crippen LogP contribution in [0.3, 0.4) is 0 Å². The van der Waals surface area contributed by atoms with Gasteiger partial charge < -0.3 is 14.6 Å². The summed E-state index contributed by atoms with van der Waals surface area (Å²) in [5.74, 6) is -0.276. The molecule has 0 atom stereocenters. The van der Waals surface area contributed by atoms with E-state index >= 15 is 0 Å². The molecule has 1 aromatic heterocycles. The van der Waals surface area contributed by atoms with Crippen molar-refractivity contribution in [3.05, 3.63) is 11.5 Å². The van der Waals surface area contributed by atoms with Gasteiger partial charge in [-0.05, 0) is 20.4 Å². The van der Waals surface area contributed by atoms with Crippen molar-refractivity contribution in [1.82, 2.24) is 10.2 Å². The lowest BCUT2D eigenvalue weighted by Gasteiger charge is -2.29. The fourth-order valence-electron chi connectivity index (χ4n) is 2.31. The number of carbonyl (C=O) groups excluding carboxylic acids is 2. The van der Waals surface area contributed by atoms with Crippen LogP contribution >= 0.6 is 11.8 Å². The third-order valence-electron chi connectivity index (χ3n) is 3.66. The Morgan fingerprint density at radius 3 is 2.61 bits per heavy atom. The lowest BCUT2D eigenvalue weighted by atomic mass is 10.2. The van der Waals surface area contributed by atoms with Gasteiger partial charge in [0.05, 0.1) is 28.5 Å². The Balaban J connectivity index is 1.95. The molecule has 1 aliphatic rings. The molecule has 2 heterocycles. The third kappa shape index (κ3) is 4.68. The van der Waals surface area contributed by atoms with Gasteiger partial charge in [-0.2, -0.15) is 5.01 Å². The first-order chi connectivity index (χ1) is 10.8. The van der Waals surface area contributed by atoms with Crippen LogP contribution in [0.25, 0.3) is 5.32 Å². The highest BCUT2D eigenvalue weighted by Gasteiger charge is 2.27. The number of amides is 1. The number of hydrogen-bond donors (Lipinski definition) is 0. The summed E-state index contributed by atoms with van der Waals surface area (Å²) in [5, 5.41) is 9.76. The standard InChI is InChI=1S/C14H23N5O3S/c1-5-17-6-8-18(9-7-17)19-10-12(22-16-19)15-13(21)14(3,4)23-11(2)20/h10H,5-9H2,1-4H3. The van der Waals surface area contributed by atoms with E-state index in [4.69, 9.17) is 4.52 Å². The summed E-state index contributed by atoms with van der Waals surface area (Å²) in [6.45, 7) is 11.5. The van der Waals surface area contributed by atoms with E-state index in [0.717, 1.165) is 44.5 Å². The number of rotatable bonds is 5. The monoisotopic (exact) mass is 341 g/mol. The van der Waals surface area contributed by atoms with Crippen LogP contribution in [-0.2, 0) is 9.59 Å². The molecular formula is C14H23N5O3S. The predicted octanol–water partition coefficient (Wildman–Crippen LogP) is 0.826. The number of thioether (sulfide) groups is 1. The molecule has 128 valence electrons. The summed E-state index contributed by atoms with van der Waals surface area (Å²) in [5.41, 5.74) is 0. The molecule has 0 saturated carbocycles. The normalized spacial score (nSPS) is 16.4. The lowest BCUT2D eigenvalue weighted by molar-refractivity contribution is -0.759. The molecule has 0 spiro atoms. The van der Waals surface area contributed by atoms with Crippen LogP contribution < -0.4 is 9.80 Å². The topological polar surface area (TPSA) is 84.6 Å². The van der Waals surface area contributed by atoms with Gasteiger partial charge in [-0.25, -0.2) is 0 Å². The maximum Gasteiger partial charge on any atom is 0.257 e. The highest BCUT2D eigenvalue weighted by atomic mass is 32.2. The zero-order valence-corrected chi connectivity index (χ0v) is 14.8. The summed E-state index contributed by atoms with van der Waals surface area (Å²) in [6, 6.07) is 0. The first kappa shape index (κ1) is 17.7. The second kappa shape index (κ2) is 7.31. The Bertz CT molecular complexity index is 567. The summed E-state index contributed by atoms with van der Waals surface area (Å²) in [6.07, 6.45) is 1.59. The lowest BCUT2D eigenvalue weighted by Crippen LogP contribution is -2.65. The van der Waals surface area contributed by atoms with Crippen molar-refractivity contribution < 1.29 is 18.9 Å². The number of piperazine rings is 1. The molecule has 1 saturated heterocycles. The van der Waals surface area contributed by atoms with Gasteiger partial charge in [0.25, 0.3) is 6.20 Å². The zero-order chi connectivity index (χ0) is 17.0. The smallest absolute Gasteiger partial charge is 0.257 e. The zero-order valence-electron chi connectivity index (χ0n) is 14.0. The predicted molar refractivity (Wildman–Crippen MR) is 87.1 cm³/mol. The minimum atomic E-state index is -0.920. The number of hydrogen-bond acceptors (Lipinski definition) is 7. The number of nitrogens with zero attached hydrogens (tertiary/aromatic N) is 5. The van der Waals surface area contributed by atoms with Crippen molar-refractivity contribution in [2.45, 2.75) is 32.4 Å². The largest absolute Gasteiger partial charge is 0.587 e. The Morgan fingerprint density at radius 2 is 2.04 bits per heavy atom. The Kier molecular flexibility index (Phi) is 5.64. The van der Waals surface area contributed by atoms with Crippen molar-refractivity contribution in [2.75, 3.05) is 37.7 Å². The molecule has 9 heteroatoms. The molecule has 0 aromatic carbocycles. The van der Waals surface area contributed by atoms with Crippen LogP contribution in [0.15, 0.2) is 10.7 Å². The number of aromatic nitrogens is 2. The maximum atomic E-state index is 12.2. The van der Waals surface area contributed by atoms with E-state index in [1.807, 2.05) is 5.01 Å². The Morgan fingerprint density at radius 1 is 1.39 bits per heavy atom. The summed E-state index contributed by atoms with van der Waals surface area (Å²) < 4.78 is 4.20. The van der Waals surface area contributed by atoms with E-state index < -0.39 is 10.7 Å². The molecule has 0 bridgehead atoms. The number of carbonyl (C=O) groups is 2. The minimum Gasteiger partial charge on any atom is -0.587 e. The summed E-state index contributed by atoms with van der Waals surface area (Å²) >= 11 is 0.955.